The van der Waals surface area contributed by atoms with Gasteiger partial charge in [0, 0.05) is 12.6 Å². The van der Waals surface area contributed by atoms with Crippen molar-refractivity contribution < 1.29 is 14.3 Å². The average molecular weight is 331 g/mol. The first-order valence-electron chi connectivity index (χ1n) is 6.65. The lowest BCUT2D eigenvalue weighted by molar-refractivity contribution is -0.142. The van der Waals surface area contributed by atoms with E-state index in [1.165, 1.54) is 4.90 Å². The van der Waals surface area contributed by atoms with Crippen LogP contribution in [0, 0.1) is 0 Å². The summed E-state index contributed by atoms with van der Waals surface area (Å²) in [5, 5.41) is 0.773. The molecule has 1 atom stereocenters. The first kappa shape index (κ1) is 15.9. The molecule has 114 valence electrons. The van der Waals surface area contributed by atoms with Gasteiger partial charge in [-0.15, -0.1) is 0 Å². The van der Waals surface area contributed by atoms with Crippen LogP contribution < -0.4 is 10.5 Å². The number of primary amides is 1. The van der Waals surface area contributed by atoms with Crippen molar-refractivity contribution >= 4 is 35.0 Å². The second-order valence-electron chi connectivity index (χ2n) is 4.87. The Morgan fingerprint density at radius 1 is 1.29 bits per heavy atom. The number of nitrogens with zero attached hydrogens (tertiary/aromatic N) is 1. The van der Waals surface area contributed by atoms with E-state index >= 15 is 0 Å². The Bertz CT molecular complexity index is 551. The van der Waals surface area contributed by atoms with Crippen molar-refractivity contribution in [3.05, 3.63) is 28.2 Å². The van der Waals surface area contributed by atoms with Crippen LogP contribution in [-0.2, 0) is 9.59 Å². The molecule has 2 N–H and O–H groups in total. The van der Waals surface area contributed by atoms with Crippen LogP contribution in [0.5, 0.6) is 5.75 Å². The minimum absolute atomic E-state index is 0.165. The van der Waals surface area contributed by atoms with E-state index in [1.54, 1.807) is 18.2 Å². The summed E-state index contributed by atoms with van der Waals surface area (Å²) in [6.07, 6.45) is 2.36. The molecule has 1 aromatic carbocycles. The summed E-state index contributed by atoms with van der Waals surface area (Å²) in [6, 6.07) is 4.22. The normalized spacial score (nSPS) is 18.4. The van der Waals surface area contributed by atoms with Crippen LogP contribution in [0.4, 0.5) is 0 Å². The average Bonchev–Trinajstić information content (AvgIpc) is 2.48. The minimum Gasteiger partial charge on any atom is -0.484 e. The van der Waals surface area contributed by atoms with Gasteiger partial charge in [-0.25, -0.2) is 0 Å². The van der Waals surface area contributed by atoms with E-state index in [4.69, 9.17) is 33.7 Å². The number of piperidine rings is 1. The van der Waals surface area contributed by atoms with Crippen molar-refractivity contribution in [2.45, 2.75) is 25.3 Å². The number of hydrogen-bond donors (Lipinski definition) is 1. The van der Waals surface area contributed by atoms with Gasteiger partial charge < -0.3 is 15.4 Å². The SMILES string of the molecule is NC(=O)[C@H]1CCCCN1C(=O)COc1ccc(Cl)c(Cl)c1. The van der Waals surface area contributed by atoms with Crippen molar-refractivity contribution in [3.63, 3.8) is 0 Å². The number of likely N-dealkylation sites (tertiary alicyclic amines) is 1. The smallest absolute Gasteiger partial charge is 0.261 e. The molecular formula is C14H16Cl2N2O3. The fourth-order valence-corrected chi connectivity index (χ4v) is 2.61. The number of carbonyl (C=O) groups excluding carboxylic acids is 2. The fraction of sp³-hybridized carbons (Fsp3) is 0.429. The van der Waals surface area contributed by atoms with Crippen LogP contribution in [0.25, 0.3) is 0 Å². The summed E-state index contributed by atoms with van der Waals surface area (Å²) >= 11 is 11.7. The van der Waals surface area contributed by atoms with Crippen molar-refractivity contribution in [1.82, 2.24) is 4.90 Å². The largest absolute Gasteiger partial charge is 0.484 e. The highest BCUT2D eigenvalue weighted by molar-refractivity contribution is 6.42. The Labute approximate surface area is 132 Å². The van der Waals surface area contributed by atoms with E-state index in [2.05, 4.69) is 0 Å². The number of hydrogen-bond acceptors (Lipinski definition) is 3. The van der Waals surface area contributed by atoms with Gasteiger partial charge in [0.15, 0.2) is 6.61 Å². The first-order valence-corrected chi connectivity index (χ1v) is 7.41. The molecule has 2 rings (SSSR count). The fourth-order valence-electron chi connectivity index (χ4n) is 2.32. The summed E-state index contributed by atoms with van der Waals surface area (Å²) in [5.41, 5.74) is 5.33. The van der Waals surface area contributed by atoms with Crippen molar-refractivity contribution in [1.29, 1.82) is 0 Å². The maximum Gasteiger partial charge on any atom is 0.261 e. The van der Waals surface area contributed by atoms with Gasteiger partial charge in [0.2, 0.25) is 5.91 Å². The first-order chi connectivity index (χ1) is 9.99. The second-order valence-corrected chi connectivity index (χ2v) is 5.68. The molecule has 0 unspecified atom stereocenters. The third-order valence-corrected chi connectivity index (χ3v) is 4.14. The number of rotatable bonds is 4. The molecule has 1 aliphatic heterocycles. The third kappa shape index (κ3) is 4.02. The summed E-state index contributed by atoms with van der Waals surface area (Å²) in [7, 11) is 0. The van der Waals surface area contributed by atoms with Crippen molar-refractivity contribution in [2.75, 3.05) is 13.2 Å². The zero-order chi connectivity index (χ0) is 15.4. The summed E-state index contributed by atoms with van der Waals surface area (Å²) < 4.78 is 5.40. The number of halogens is 2. The van der Waals surface area contributed by atoms with Gasteiger partial charge >= 0.3 is 0 Å². The summed E-state index contributed by atoms with van der Waals surface area (Å²) in [6.45, 7) is 0.360. The number of nitrogens with two attached hydrogens (primary N) is 1. The maximum atomic E-state index is 12.2. The van der Waals surface area contributed by atoms with Gasteiger partial charge in [0.1, 0.15) is 11.8 Å². The second kappa shape index (κ2) is 7.00. The van der Waals surface area contributed by atoms with Crippen molar-refractivity contribution in [3.8, 4) is 5.75 Å². The third-order valence-electron chi connectivity index (χ3n) is 3.40. The van der Waals surface area contributed by atoms with E-state index in [-0.39, 0.29) is 12.5 Å². The Kier molecular flexibility index (Phi) is 5.31. The van der Waals surface area contributed by atoms with Crippen LogP contribution in [-0.4, -0.2) is 35.9 Å². The van der Waals surface area contributed by atoms with Crippen LogP contribution >= 0.6 is 23.2 Å². The number of amides is 2. The van der Waals surface area contributed by atoms with E-state index < -0.39 is 11.9 Å². The minimum atomic E-state index is -0.538. The van der Waals surface area contributed by atoms with Crippen molar-refractivity contribution in [2.24, 2.45) is 5.73 Å². The molecule has 2 amide bonds. The molecule has 1 aromatic rings. The molecule has 0 aromatic heterocycles. The molecular weight excluding hydrogens is 315 g/mol. The van der Waals surface area contributed by atoms with E-state index in [9.17, 15) is 9.59 Å². The zero-order valence-electron chi connectivity index (χ0n) is 11.4. The molecule has 1 aliphatic rings. The molecule has 0 bridgehead atoms. The number of carbonyl (C=O) groups is 2. The van der Waals surface area contributed by atoms with Gasteiger partial charge in [-0.2, -0.15) is 0 Å². The lowest BCUT2D eigenvalue weighted by Crippen LogP contribution is -2.51. The summed E-state index contributed by atoms with van der Waals surface area (Å²) in [4.78, 5) is 25.0. The lowest BCUT2D eigenvalue weighted by Gasteiger charge is -2.33. The number of ether oxygens (including phenoxy) is 1. The van der Waals surface area contributed by atoms with Gasteiger partial charge in [-0.3, -0.25) is 9.59 Å². The Hall–Kier alpha value is -1.46. The van der Waals surface area contributed by atoms with Gasteiger partial charge in [-0.05, 0) is 31.4 Å². The monoisotopic (exact) mass is 330 g/mol. The molecule has 0 spiro atoms. The highest BCUT2D eigenvalue weighted by Crippen LogP contribution is 2.26. The lowest BCUT2D eigenvalue weighted by atomic mass is 10.0. The van der Waals surface area contributed by atoms with Crippen LogP contribution in [0.3, 0.4) is 0 Å². The van der Waals surface area contributed by atoms with Gasteiger partial charge in [0.05, 0.1) is 10.0 Å². The van der Waals surface area contributed by atoms with Gasteiger partial charge in [0.25, 0.3) is 5.91 Å². The molecule has 0 aliphatic carbocycles. The Balaban J connectivity index is 1.96. The molecule has 21 heavy (non-hydrogen) atoms. The summed E-state index contributed by atoms with van der Waals surface area (Å²) in [5.74, 6) is -0.285. The highest BCUT2D eigenvalue weighted by Gasteiger charge is 2.30. The predicted molar refractivity (Wildman–Crippen MR) is 80.5 cm³/mol. The maximum absolute atomic E-state index is 12.2. The molecule has 5 nitrogen and oxygen atoms in total. The van der Waals surface area contributed by atoms with Crippen LogP contribution in [0.2, 0.25) is 10.0 Å². The highest BCUT2D eigenvalue weighted by atomic mass is 35.5. The Morgan fingerprint density at radius 2 is 2.05 bits per heavy atom. The molecule has 0 radical (unpaired) electrons. The molecule has 7 heteroatoms. The molecule has 1 fully saturated rings. The van der Waals surface area contributed by atoms with Gasteiger partial charge in [-0.1, -0.05) is 23.2 Å². The van der Waals surface area contributed by atoms with E-state index in [1.807, 2.05) is 0 Å². The number of benzene rings is 1. The Morgan fingerprint density at radius 3 is 2.71 bits per heavy atom. The molecule has 1 saturated heterocycles. The quantitative estimate of drug-likeness (QED) is 0.920. The molecule has 1 heterocycles. The zero-order valence-corrected chi connectivity index (χ0v) is 12.9. The molecule has 0 saturated carbocycles. The topological polar surface area (TPSA) is 72.6 Å². The predicted octanol–water partition coefficient (Wildman–Crippen LogP) is 2.24. The van der Waals surface area contributed by atoms with E-state index in [0.717, 1.165) is 12.8 Å². The van der Waals surface area contributed by atoms with Crippen LogP contribution in [0.1, 0.15) is 19.3 Å². The van der Waals surface area contributed by atoms with E-state index in [0.29, 0.717) is 28.8 Å². The standard InChI is InChI=1S/C14H16Cl2N2O3/c15-10-5-4-9(7-11(10)16)21-8-13(19)18-6-2-1-3-12(18)14(17)20/h4-5,7,12H,1-3,6,8H2,(H2,17,20)/t12-/m1/s1. The van der Waals surface area contributed by atoms with Crippen LogP contribution in [0.15, 0.2) is 18.2 Å².